The van der Waals surface area contributed by atoms with Crippen LogP contribution in [0.5, 0.6) is 0 Å². The van der Waals surface area contributed by atoms with Crippen molar-refractivity contribution in [3.63, 3.8) is 0 Å². The van der Waals surface area contributed by atoms with Crippen LogP contribution in [-0.4, -0.2) is 69.9 Å². The van der Waals surface area contributed by atoms with E-state index in [9.17, 15) is 4.79 Å². The number of rotatable bonds is 15. The summed E-state index contributed by atoms with van der Waals surface area (Å²) in [6.45, 7) is 9.20. The third-order valence-corrected chi connectivity index (χ3v) is 4.18. The number of benzene rings is 1. The van der Waals surface area contributed by atoms with Gasteiger partial charge in [-0.3, -0.25) is 9.79 Å². The number of guanidine groups is 1. The molecule has 0 bridgehead atoms. The van der Waals surface area contributed by atoms with E-state index >= 15 is 0 Å². The standard InChI is InChI=1S/C22H38N4O3/c1-4-6-15-28-17-18-29-16-14-25-22(23-5-2)24-13-12-21(27)26(3)19-20-10-8-7-9-11-20/h7-11H,4-6,12-19H2,1-3H3,(H2,23,24,25). The zero-order valence-corrected chi connectivity index (χ0v) is 18.3. The van der Waals surface area contributed by atoms with Gasteiger partial charge in [-0.2, -0.15) is 0 Å². The van der Waals surface area contributed by atoms with Crippen molar-refractivity contribution >= 4 is 11.9 Å². The molecule has 0 heterocycles. The molecule has 0 saturated heterocycles. The lowest BCUT2D eigenvalue weighted by Gasteiger charge is -2.18. The molecule has 0 aliphatic heterocycles. The van der Waals surface area contributed by atoms with Crippen molar-refractivity contribution in [2.75, 3.05) is 53.1 Å². The Morgan fingerprint density at radius 1 is 1.03 bits per heavy atom. The molecule has 1 aromatic rings. The Bertz CT molecular complexity index is 566. The quantitative estimate of drug-likeness (QED) is 0.266. The highest BCUT2D eigenvalue weighted by molar-refractivity contribution is 5.81. The van der Waals surface area contributed by atoms with Crippen LogP contribution in [0.4, 0.5) is 0 Å². The first-order chi connectivity index (χ1) is 14.2. The summed E-state index contributed by atoms with van der Waals surface area (Å²) in [6.07, 6.45) is 2.65. The van der Waals surface area contributed by atoms with E-state index in [0.29, 0.717) is 51.8 Å². The maximum Gasteiger partial charge on any atom is 0.224 e. The van der Waals surface area contributed by atoms with Crippen LogP contribution in [0, 0.1) is 0 Å². The summed E-state index contributed by atoms with van der Waals surface area (Å²) < 4.78 is 11.0. The molecule has 7 nitrogen and oxygen atoms in total. The Morgan fingerprint density at radius 2 is 1.76 bits per heavy atom. The van der Waals surface area contributed by atoms with E-state index in [1.807, 2.05) is 44.3 Å². The predicted molar refractivity (Wildman–Crippen MR) is 118 cm³/mol. The minimum Gasteiger partial charge on any atom is -0.379 e. The lowest BCUT2D eigenvalue weighted by Crippen LogP contribution is -2.39. The normalized spacial score (nSPS) is 11.3. The second-order valence-electron chi connectivity index (χ2n) is 6.75. The fourth-order valence-corrected chi connectivity index (χ4v) is 2.56. The average Bonchev–Trinajstić information content (AvgIpc) is 2.73. The van der Waals surface area contributed by atoms with Crippen LogP contribution in [0.1, 0.15) is 38.7 Å². The van der Waals surface area contributed by atoms with E-state index in [0.717, 1.165) is 31.6 Å². The van der Waals surface area contributed by atoms with Crippen LogP contribution >= 0.6 is 0 Å². The molecular weight excluding hydrogens is 368 g/mol. The highest BCUT2D eigenvalue weighted by Gasteiger charge is 2.09. The van der Waals surface area contributed by atoms with Crippen LogP contribution in [0.3, 0.4) is 0 Å². The van der Waals surface area contributed by atoms with Gasteiger partial charge in [0.2, 0.25) is 5.91 Å². The Labute approximate surface area is 175 Å². The largest absolute Gasteiger partial charge is 0.379 e. The van der Waals surface area contributed by atoms with Gasteiger partial charge in [-0.1, -0.05) is 43.7 Å². The number of carbonyl (C=O) groups is 1. The van der Waals surface area contributed by atoms with E-state index < -0.39 is 0 Å². The molecule has 0 spiro atoms. The van der Waals surface area contributed by atoms with E-state index in [2.05, 4.69) is 22.5 Å². The smallest absolute Gasteiger partial charge is 0.224 e. The molecule has 2 N–H and O–H groups in total. The fraction of sp³-hybridized carbons (Fsp3) is 0.636. The van der Waals surface area contributed by atoms with Crippen molar-refractivity contribution < 1.29 is 14.3 Å². The first kappa shape index (κ1) is 24.9. The summed E-state index contributed by atoms with van der Waals surface area (Å²) in [5, 5.41) is 6.39. The zero-order valence-electron chi connectivity index (χ0n) is 18.3. The second kappa shape index (κ2) is 16.8. The molecule has 1 rings (SSSR count). The van der Waals surface area contributed by atoms with Gasteiger partial charge in [0.15, 0.2) is 5.96 Å². The van der Waals surface area contributed by atoms with Gasteiger partial charge >= 0.3 is 0 Å². The van der Waals surface area contributed by atoms with E-state index in [-0.39, 0.29) is 5.91 Å². The first-order valence-electron chi connectivity index (χ1n) is 10.6. The highest BCUT2D eigenvalue weighted by Crippen LogP contribution is 2.03. The Morgan fingerprint density at radius 3 is 2.45 bits per heavy atom. The zero-order chi connectivity index (χ0) is 21.2. The second-order valence-corrected chi connectivity index (χ2v) is 6.75. The van der Waals surface area contributed by atoms with Crippen LogP contribution < -0.4 is 10.6 Å². The summed E-state index contributed by atoms with van der Waals surface area (Å²) in [5.74, 6) is 0.803. The molecule has 0 saturated carbocycles. The topological polar surface area (TPSA) is 75.2 Å². The Kier molecular flexibility index (Phi) is 14.4. The number of ether oxygens (including phenoxy) is 2. The molecule has 29 heavy (non-hydrogen) atoms. The summed E-state index contributed by atoms with van der Waals surface area (Å²) in [6, 6.07) is 9.99. The molecule has 1 amide bonds. The number of hydrogen-bond acceptors (Lipinski definition) is 4. The maximum atomic E-state index is 12.3. The van der Waals surface area contributed by atoms with E-state index in [1.54, 1.807) is 4.90 Å². The molecule has 0 radical (unpaired) electrons. The van der Waals surface area contributed by atoms with Crippen LogP contribution in [0.15, 0.2) is 35.3 Å². The average molecular weight is 407 g/mol. The summed E-state index contributed by atoms with van der Waals surface area (Å²) in [4.78, 5) is 18.5. The van der Waals surface area contributed by atoms with Gasteiger partial charge in [0.05, 0.1) is 26.4 Å². The monoisotopic (exact) mass is 406 g/mol. The van der Waals surface area contributed by atoms with Crippen molar-refractivity contribution in [1.29, 1.82) is 0 Å². The molecule has 1 aromatic carbocycles. The summed E-state index contributed by atoms with van der Waals surface area (Å²) >= 11 is 0. The Balaban J connectivity index is 2.20. The van der Waals surface area contributed by atoms with Gasteiger partial charge in [0, 0.05) is 39.7 Å². The third kappa shape index (κ3) is 12.9. The lowest BCUT2D eigenvalue weighted by molar-refractivity contribution is -0.130. The minimum absolute atomic E-state index is 0.101. The van der Waals surface area contributed by atoms with Crippen LogP contribution in [0.2, 0.25) is 0 Å². The Hall–Kier alpha value is -2.12. The molecule has 7 heteroatoms. The highest BCUT2D eigenvalue weighted by atomic mass is 16.5. The molecule has 0 unspecified atom stereocenters. The lowest BCUT2D eigenvalue weighted by atomic mass is 10.2. The minimum atomic E-state index is 0.101. The fourth-order valence-electron chi connectivity index (χ4n) is 2.56. The van der Waals surface area contributed by atoms with Crippen molar-refractivity contribution in [3.8, 4) is 0 Å². The molecule has 0 fully saturated rings. The van der Waals surface area contributed by atoms with Crippen LogP contribution in [-0.2, 0) is 20.8 Å². The van der Waals surface area contributed by atoms with Crippen molar-refractivity contribution in [1.82, 2.24) is 15.5 Å². The third-order valence-electron chi connectivity index (χ3n) is 4.18. The number of aliphatic imine (C=N–C) groups is 1. The number of carbonyl (C=O) groups excluding carboxylic acids is 1. The van der Waals surface area contributed by atoms with Gasteiger partial charge in [0.25, 0.3) is 0 Å². The van der Waals surface area contributed by atoms with Crippen molar-refractivity contribution in [2.24, 2.45) is 4.99 Å². The number of nitrogens with one attached hydrogen (secondary N) is 2. The van der Waals surface area contributed by atoms with E-state index in [1.165, 1.54) is 0 Å². The molecule has 0 aliphatic carbocycles. The van der Waals surface area contributed by atoms with Gasteiger partial charge in [-0.15, -0.1) is 0 Å². The summed E-state index contributed by atoms with van der Waals surface area (Å²) in [7, 11) is 1.83. The first-order valence-corrected chi connectivity index (χ1v) is 10.6. The van der Waals surface area contributed by atoms with Gasteiger partial charge in [-0.25, -0.2) is 0 Å². The van der Waals surface area contributed by atoms with Crippen molar-refractivity contribution in [3.05, 3.63) is 35.9 Å². The van der Waals surface area contributed by atoms with Crippen LogP contribution in [0.25, 0.3) is 0 Å². The van der Waals surface area contributed by atoms with Gasteiger partial charge in [0.1, 0.15) is 0 Å². The molecule has 0 aromatic heterocycles. The molecule has 0 atom stereocenters. The van der Waals surface area contributed by atoms with Crippen molar-refractivity contribution in [2.45, 2.75) is 39.7 Å². The number of nitrogens with zero attached hydrogens (tertiary/aromatic N) is 2. The molecular formula is C22H38N4O3. The maximum absolute atomic E-state index is 12.3. The van der Waals surface area contributed by atoms with Gasteiger partial charge in [-0.05, 0) is 18.9 Å². The number of unbranched alkanes of at least 4 members (excludes halogenated alkanes) is 1. The van der Waals surface area contributed by atoms with E-state index in [4.69, 9.17) is 9.47 Å². The molecule has 0 aliphatic rings. The van der Waals surface area contributed by atoms with Gasteiger partial charge < -0.3 is 25.0 Å². The summed E-state index contributed by atoms with van der Waals surface area (Å²) in [5.41, 5.74) is 1.13. The number of amides is 1. The number of hydrogen-bond donors (Lipinski definition) is 2. The predicted octanol–water partition coefficient (Wildman–Crippen LogP) is 2.42. The SMILES string of the molecule is CCCCOCCOCCN=C(NCC)NCCC(=O)N(C)Cc1ccccc1. The molecule has 164 valence electrons.